The average Bonchev–Trinajstić information content (AvgIpc) is 2.39. The minimum Gasteiger partial charge on any atom is -0.375 e. The summed E-state index contributed by atoms with van der Waals surface area (Å²) in [5.41, 5.74) is 0. The summed E-state index contributed by atoms with van der Waals surface area (Å²) in [6, 6.07) is 0.311. The Morgan fingerprint density at radius 3 is 2.94 bits per heavy atom. The molecule has 2 rings (SSSR count). The molecule has 98 valence electrons. The predicted molar refractivity (Wildman–Crippen MR) is 66.8 cm³/mol. The van der Waals surface area contributed by atoms with Gasteiger partial charge in [0.05, 0.1) is 24.8 Å². The Hall–Kier alpha value is -0.610. The molecule has 2 unspecified atom stereocenters. The molecule has 17 heavy (non-hydrogen) atoms. The zero-order chi connectivity index (χ0) is 12.3. The first kappa shape index (κ1) is 12.8. The van der Waals surface area contributed by atoms with Crippen molar-refractivity contribution in [1.29, 1.82) is 0 Å². The van der Waals surface area contributed by atoms with Gasteiger partial charge in [0.2, 0.25) is 5.91 Å². The molecule has 2 fully saturated rings. The van der Waals surface area contributed by atoms with Crippen molar-refractivity contribution < 1.29 is 9.53 Å². The van der Waals surface area contributed by atoms with Gasteiger partial charge in [0.15, 0.2) is 0 Å². The van der Waals surface area contributed by atoms with E-state index in [4.69, 9.17) is 4.74 Å². The van der Waals surface area contributed by atoms with Crippen molar-refractivity contribution in [2.75, 3.05) is 19.7 Å². The molecule has 2 heterocycles. The normalized spacial score (nSPS) is 34.7. The maximum Gasteiger partial charge on any atom is 0.240 e. The maximum atomic E-state index is 12.5. The molecule has 0 saturated carbocycles. The molecule has 4 heteroatoms. The van der Waals surface area contributed by atoms with Crippen LogP contribution >= 0.6 is 0 Å². The number of rotatable bonds is 2. The second-order valence-corrected chi connectivity index (χ2v) is 5.20. The van der Waals surface area contributed by atoms with Crippen molar-refractivity contribution >= 4 is 5.91 Å². The summed E-state index contributed by atoms with van der Waals surface area (Å²) in [5.74, 6) is 0.284. The van der Waals surface area contributed by atoms with Crippen LogP contribution in [0.25, 0.3) is 0 Å². The van der Waals surface area contributed by atoms with Gasteiger partial charge >= 0.3 is 0 Å². The van der Waals surface area contributed by atoms with Crippen molar-refractivity contribution in [3.63, 3.8) is 0 Å². The van der Waals surface area contributed by atoms with Gasteiger partial charge in [-0.3, -0.25) is 4.79 Å². The lowest BCUT2D eigenvalue weighted by atomic mass is 10.0. The van der Waals surface area contributed by atoms with Crippen LogP contribution in [0.5, 0.6) is 0 Å². The SMILES string of the molecule is CCC1COC(C)CN1C(=O)[C@H]1CCCCN1. The van der Waals surface area contributed by atoms with Gasteiger partial charge in [-0.05, 0) is 32.7 Å². The van der Waals surface area contributed by atoms with E-state index < -0.39 is 0 Å². The highest BCUT2D eigenvalue weighted by atomic mass is 16.5. The Balaban J connectivity index is 1.99. The fourth-order valence-electron chi connectivity index (χ4n) is 2.72. The Morgan fingerprint density at radius 1 is 1.47 bits per heavy atom. The summed E-state index contributed by atoms with van der Waals surface area (Å²) >= 11 is 0. The molecule has 2 aliphatic rings. The largest absolute Gasteiger partial charge is 0.375 e. The molecule has 0 aromatic rings. The molecule has 3 atom stereocenters. The van der Waals surface area contributed by atoms with Gasteiger partial charge in [0.1, 0.15) is 0 Å². The molecular weight excluding hydrogens is 216 g/mol. The highest BCUT2D eigenvalue weighted by molar-refractivity contribution is 5.82. The van der Waals surface area contributed by atoms with Crippen molar-refractivity contribution in [3.05, 3.63) is 0 Å². The second kappa shape index (κ2) is 5.83. The van der Waals surface area contributed by atoms with E-state index in [0.29, 0.717) is 6.61 Å². The molecule has 0 bridgehead atoms. The Kier molecular flexibility index (Phi) is 4.40. The van der Waals surface area contributed by atoms with Crippen molar-refractivity contribution in [3.8, 4) is 0 Å². The Morgan fingerprint density at radius 2 is 2.29 bits per heavy atom. The van der Waals surface area contributed by atoms with Crippen LogP contribution in [0, 0.1) is 0 Å². The fourth-order valence-corrected chi connectivity index (χ4v) is 2.72. The lowest BCUT2D eigenvalue weighted by molar-refractivity contribution is -0.147. The smallest absolute Gasteiger partial charge is 0.240 e. The second-order valence-electron chi connectivity index (χ2n) is 5.20. The topological polar surface area (TPSA) is 41.6 Å². The molecule has 0 aromatic carbocycles. The summed E-state index contributed by atoms with van der Waals surface area (Å²) in [6.45, 7) is 6.58. The van der Waals surface area contributed by atoms with Crippen LogP contribution in [0.3, 0.4) is 0 Å². The van der Waals surface area contributed by atoms with Crippen LogP contribution in [0.1, 0.15) is 39.5 Å². The third-order valence-corrected chi connectivity index (χ3v) is 3.83. The minimum absolute atomic E-state index is 0.0445. The summed E-state index contributed by atoms with van der Waals surface area (Å²) < 4.78 is 5.63. The van der Waals surface area contributed by atoms with Crippen molar-refractivity contribution in [2.24, 2.45) is 0 Å². The van der Waals surface area contributed by atoms with Crippen LogP contribution in [0.2, 0.25) is 0 Å². The standard InChI is InChI=1S/C13H24N2O2/c1-3-11-9-17-10(2)8-15(11)13(16)12-6-4-5-7-14-12/h10-12,14H,3-9H2,1-2H3/t10?,11?,12-/m1/s1. The number of nitrogens with one attached hydrogen (secondary N) is 1. The van der Waals surface area contributed by atoms with E-state index >= 15 is 0 Å². The first-order valence-electron chi connectivity index (χ1n) is 6.87. The van der Waals surface area contributed by atoms with Crippen LogP contribution < -0.4 is 5.32 Å². The Bertz CT molecular complexity index is 264. The van der Waals surface area contributed by atoms with Gasteiger partial charge in [-0.2, -0.15) is 0 Å². The molecule has 0 radical (unpaired) electrons. The molecule has 1 amide bonds. The number of amides is 1. The summed E-state index contributed by atoms with van der Waals surface area (Å²) in [5, 5.41) is 3.34. The third kappa shape index (κ3) is 2.99. The molecule has 2 saturated heterocycles. The van der Waals surface area contributed by atoms with Crippen molar-refractivity contribution in [2.45, 2.75) is 57.7 Å². The highest BCUT2D eigenvalue weighted by Gasteiger charge is 2.33. The molecule has 0 spiro atoms. The van der Waals surface area contributed by atoms with Gasteiger partial charge in [-0.25, -0.2) is 0 Å². The number of ether oxygens (including phenoxy) is 1. The predicted octanol–water partition coefficient (Wildman–Crippen LogP) is 1.15. The number of carbonyl (C=O) groups excluding carboxylic acids is 1. The molecular formula is C13H24N2O2. The third-order valence-electron chi connectivity index (χ3n) is 3.83. The van der Waals surface area contributed by atoms with E-state index in [1.165, 1.54) is 12.8 Å². The molecule has 0 aromatic heterocycles. The first-order valence-corrected chi connectivity index (χ1v) is 6.87. The minimum atomic E-state index is 0.0445. The number of piperidine rings is 1. The van der Waals surface area contributed by atoms with Crippen LogP contribution in [-0.4, -0.2) is 48.7 Å². The lowest BCUT2D eigenvalue weighted by Crippen LogP contribution is -2.57. The zero-order valence-electron chi connectivity index (χ0n) is 10.9. The number of nitrogens with zero attached hydrogens (tertiary/aromatic N) is 1. The molecule has 1 N–H and O–H groups in total. The van der Waals surface area contributed by atoms with Gasteiger partial charge in [-0.1, -0.05) is 13.3 Å². The quantitative estimate of drug-likeness (QED) is 0.787. The zero-order valence-corrected chi connectivity index (χ0v) is 10.9. The Labute approximate surface area is 104 Å². The first-order chi connectivity index (χ1) is 8.22. The monoisotopic (exact) mass is 240 g/mol. The summed E-state index contributed by atoms with van der Waals surface area (Å²) in [7, 11) is 0. The van der Waals surface area contributed by atoms with Gasteiger partial charge in [0.25, 0.3) is 0 Å². The van der Waals surface area contributed by atoms with E-state index in [2.05, 4.69) is 12.2 Å². The van der Waals surface area contributed by atoms with E-state index in [1.807, 2.05) is 11.8 Å². The number of morpholine rings is 1. The van der Waals surface area contributed by atoms with E-state index in [-0.39, 0.29) is 24.1 Å². The van der Waals surface area contributed by atoms with E-state index in [0.717, 1.165) is 25.9 Å². The maximum absolute atomic E-state index is 12.5. The van der Waals surface area contributed by atoms with E-state index in [1.54, 1.807) is 0 Å². The average molecular weight is 240 g/mol. The summed E-state index contributed by atoms with van der Waals surface area (Å²) in [6.07, 6.45) is 4.50. The molecule has 0 aliphatic carbocycles. The fraction of sp³-hybridized carbons (Fsp3) is 0.923. The lowest BCUT2D eigenvalue weighted by Gasteiger charge is -2.40. The van der Waals surface area contributed by atoms with Gasteiger partial charge < -0.3 is 15.0 Å². The van der Waals surface area contributed by atoms with Gasteiger partial charge in [-0.15, -0.1) is 0 Å². The van der Waals surface area contributed by atoms with Crippen LogP contribution in [-0.2, 0) is 9.53 Å². The molecule has 4 nitrogen and oxygen atoms in total. The number of carbonyl (C=O) groups is 1. The highest BCUT2D eigenvalue weighted by Crippen LogP contribution is 2.18. The van der Waals surface area contributed by atoms with Gasteiger partial charge in [0, 0.05) is 6.54 Å². The summed E-state index contributed by atoms with van der Waals surface area (Å²) in [4.78, 5) is 14.5. The van der Waals surface area contributed by atoms with Crippen molar-refractivity contribution in [1.82, 2.24) is 10.2 Å². The van der Waals surface area contributed by atoms with Crippen LogP contribution in [0.4, 0.5) is 0 Å². The molecule has 2 aliphatic heterocycles. The number of hydrogen-bond donors (Lipinski definition) is 1. The van der Waals surface area contributed by atoms with Crippen LogP contribution in [0.15, 0.2) is 0 Å². The number of hydrogen-bond acceptors (Lipinski definition) is 3. The van der Waals surface area contributed by atoms with E-state index in [9.17, 15) is 4.79 Å².